The van der Waals surface area contributed by atoms with Crippen LogP contribution in [0.1, 0.15) is 0 Å². The van der Waals surface area contributed by atoms with Crippen LogP contribution in [0.15, 0.2) is 4.99 Å². The zero-order valence-electron chi connectivity index (χ0n) is 3.03. The lowest BCUT2D eigenvalue weighted by Crippen LogP contribution is -2.02. The monoisotopic (exact) mass is 146 g/mol. The Morgan fingerprint density at radius 2 is 2.83 bits per heavy atom. The molecule has 0 saturated heterocycles. The van der Waals surface area contributed by atoms with Crippen molar-refractivity contribution >= 4 is 20.6 Å². The summed E-state index contributed by atoms with van der Waals surface area (Å²) in [6, 6.07) is 0. The highest BCUT2D eigenvalue weighted by molar-refractivity contribution is 9.18. The summed E-state index contributed by atoms with van der Waals surface area (Å²) in [7, 11) is 0. The maximum atomic E-state index is 3.85. The summed E-state index contributed by atoms with van der Waals surface area (Å²) in [6.45, 7) is 3.40. The normalized spacial score (nSPS) is 21.2. The molecule has 1 aliphatic heterocycles. The summed E-state index contributed by atoms with van der Waals surface area (Å²) in [5, 5.41) is 2.77. The first-order valence-electron chi connectivity index (χ1n) is 1.58. The second-order valence-corrected chi connectivity index (χ2v) is 1.66. The molecule has 0 saturated carbocycles. The van der Waals surface area contributed by atoms with E-state index in [1.54, 1.807) is 0 Å². The molecule has 2 nitrogen and oxygen atoms in total. The molecule has 1 heterocycles. The predicted molar refractivity (Wildman–Crippen MR) is 27.6 cm³/mol. The van der Waals surface area contributed by atoms with E-state index in [0.717, 1.165) is 4.62 Å². The van der Waals surface area contributed by atoms with Gasteiger partial charge in [0, 0.05) is 0 Å². The highest BCUT2D eigenvalue weighted by atomic mass is 79.9. The van der Waals surface area contributed by atoms with E-state index in [9.17, 15) is 0 Å². The van der Waals surface area contributed by atoms with Crippen molar-refractivity contribution in [1.82, 2.24) is 5.32 Å². The zero-order chi connectivity index (χ0) is 4.41. The van der Waals surface area contributed by atoms with Crippen LogP contribution in [0.2, 0.25) is 0 Å². The summed E-state index contributed by atoms with van der Waals surface area (Å²) < 4.78 is 0.780. The number of halogens is 1. The Hall–Kier alpha value is 0.110. The molecule has 0 bridgehead atoms. The number of rotatable bonds is 0. The Morgan fingerprint density at radius 3 is 3.00 bits per heavy atom. The van der Waals surface area contributed by atoms with Gasteiger partial charge in [0.2, 0.25) is 0 Å². The lowest BCUT2D eigenvalue weighted by Gasteiger charge is -1.75. The highest BCUT2D eigenvalue weighted by Crippen LogP contribution is 1.96. The molecule has 6 heavy (non-hydrogen) atoms. The van der Waals surface area contributed by atoms with E-state index in [-0.39, 0.29) is 0 Å². The van der Waals surface area contributed by atoms with Gasteiger partial charge >= 0.3 is 0 Å². The molecular formula is C3H3BrN2. The van der Waals surface area contributed by atoms with Crippen LogP contribution in [-0.4, -0.2) is 11.3 Å². The number of hydrogen-bond donors (Lipinski definition) is 1. The average molecular weight is 147 g/mol. The van der Waals surface area contributed by atoms with Gasteiger partial charge in [0.05, 0.1) is 6.67 Å². The molecule has 3 heteroatoms. The Morgan fingerprint density at radius 1 is 2.00 bits per heavy atom. The van der Waals surface area contributed by atoms with Crippen LogP contribution >= 0.6 is 15.9 Å². The molecule has 1 aliphatic rings. The van der Waals surface area contributed by atoms with Crippen LogP contribution in [0, 0.1) is 6.54 Å². The quantitative estimate of drug-likeness (QED) is 0.526. The van der Waals surface area contributed by atoms with Crippen molar-refractivity contribution in [3.8, 4) is 0 Å². The lowest BCUT2D eigenvalue weighted by molar-refractivity contribution is 0.906. The van der Waals surface area contributed by atoms with Gasteiger partial charge in [0.1, 0.15) is 11.2 Å². The van der Waals surface area contributed by atoms with Crippen molar-refractivity contribution in [3.05, 3.63) is 6.54 Å². The molecule has 2 radical (unpaired) electrons. The summed E-state index contributed by atoms with van der Waals surface area (Å²) in [5.74, 6) is 0. The van der Waals surface area contributed by atoms with Crippen molar-refractivity contribution in [2.24, 2.45) is 4.99 Å². The molecule has 0 aromatic heterocycles. The van der Waals surface area contributed by atoms with Crippen LogP contribution in [0.25, 0.3) is 0 Å². The standard InChI is InChI=1S/C3H3BrN2/c4-3-1-5-2-6-3/h5H,2H2. The zero-order valence-corrected chi connectivity index (χ0v) is 4.62. The first-order chi connectivity index (χ1) is 2.89. The third-order valence-electron chi connectivity index (χ3n) is 0.488. The summed E-state index contributed by atoms with van der Waals surface area (Å²) in [5.41, 5.74) is 0. The Bertz CT molecular complexity index is 78.9. The number of aliphatic imine (C=N–C) groups is 1. The fourth-order valence-electron chi connectivity index (χ4n) is 0.261. The van der Waals surface area contributed by atoms with Gasteiger partial charge in [-0.1, -0.05) is 0 Å². The first-order valence-corrected chi connectivity index (χ1v) is 2.38. The first kappa shape index (κ1) is 4.27. The maximum Gasteiger partial charge on any atom is 0.123 e. The number of nitrogens with zero attached hydrogens (tertiary/aromatic N) is 1. The smallest absolute Gasteiger partial charge is 0.123 e. The van der Waals surface area contributed by atoms with Crippen molar-refractivity contribution in [2.45, 2.75) is 0 Å². The summed E-state index contributed by atoms with van der Waals surface area (Å²) in [6.07, 6.45) is 0. The fraction of sp³-hybridized carbons (Fsp3) is 0.333. The third-order valence-corrected chi connectivity index (χ3v) is 0.937. The van der Waals surface area contributed by atoms with Gasteiger partial charge in [0.15, 0.2) is 0 Å². The van der Waals surface area contributed by atoms with E-state index in [1.807, 2.05) is 0 Å². The Labute approximate surface area is 44.8 Å². The van der Waals surface area contributed by atoms with E-state index < -0.39 is 0 Å². The summed E-state index contributed by atoms with van der Waals surface area (Å²) >= 11 is 3.11. The molecule has 0 aromatic carbocycles. The van der Waals surface area contributed by atoms with Gasteiger partial charge in [-0.15, -0.1) is 0 Å². The highest BCUT2D eigenvalue weighted by Gasteiger charge is 1.98. The van der Waals surface area contributed by atoms with Crippen LogP contribution < -0.4 is 5.32 Å². The molecular weight excluding hydrogens is 144 g/mol. The molecule has 0 fully saturated rings. The topological polar surface area (TPSA) is 24.4 Å². The number of hydrogen-bond acceptors (Lipinski definition) is 2. The van der Waals surface area contributed by atoms with Crippen molar-refractivity contribution in [2.75, 3.05) is 6.67 Å². The van der Waals surface area contributed by atoms with Gasteiger partial charge in [-0.25, -0.2) is 0 Å². The molecule has 32 valence electrons. The maximum absolute atomic E-state index is 3.85. The van der Waals surface area contributed by atoms with E-state index in [0.29, 0.717) is 6.67 Å². The van der Waals surface area contributed by atoms with E-state index in [4.69, 9.17) is 0 Å². The van der Waals surface area contributed by atoms with Crippen LogP contribution in [0.3, 0.4) is 0 Å². The number of nitrogens with one attached hydrogen (secondary N) is 1. The van der Waals surface area contributed by atoms with Gasteiger partial charge in [0.25, 0.3) is 0 Å². The molecule has 0 spiro atoms. The van der Waals surface area contributed by atoms with Crippen molar-refractivity contribution < 1.29 is 0 Å². The van der Waals surface area contributed by atoms with Gasteiger partial charge in [-0.3, -0.25) is 10.3 Å². The van der Waals surface area contributed by atoms with Crippen molar-refractivity contribution in [3.63, 3.8) is 0 Å². The van der Waals surface area contributed by atoms with Crippen molar-refractivity contribution in [1.29, 1.82) is 0 Å². The Balaban J connectivity index is 2.45. The van der Waals surface area contributed by atoms with Gasteiger partial charge in [-0.2, -0.15) is 0 Å². The van der Waals surface area contributed by atoms with E-state index in [1.165, 1.54) is 0 Å². The minimum atomic E-state index is 0.667. The van der Waals surface area contributed by atoms with Crippen LogP contribution in [0.4, 0.5) is 0 Å². The van der Waals surface area contributed by atoms with E-state index in [2.05, 4.69) is 32.8 Å². The molecule has 1 N–H and O–H groups in total. The molecule has 0 aromatic rings. The molecule has 0 atom stereocenters. The second-order valence-electron chi connectivity index (χ2n) is 0.909. The Kier molecular flexibility index (Phi) is 1.22. The lowest BCUT2D eigenvalue weighted by atomic mass is 10.8. The van der Waals surface area contributed by atoms with E-state index >= 15 is 0 Å². The SMILES string of the molecule is BrC1=NCN[C]1. The minimum absolute atomic E-state index is 0.667. The molecule has 0 amide bonds. The summed E-state index contributed by atoms with van der Waals surface area (Å²) in [4.78, 5) is 3.85. The molecule has 1 rings (SSSR count). The third kappa shape index (κ3) is 0.786. The van der Waals surface area contributed by atoms with Crippen LogP contribution in [-0.2, 0) is 0 Å². The fourth-order valence-corrected chi connectivity index (χ4v) is 0.526. The second kappa shape index (κ2) is 1.71. The average Bonchev–Trinajstić information content (AvgIpc) is 1.86. The predicted octanol–water partition coefficient (Wildman–Crippen LogP) is 0.379. The molecule has 0 unspecified atom stereocenters. The van der Waals surface area contributed by atoms with Gasteiger partial charge in [-0.05, 0) is 15.9 Å². The largest absolute Gasteiger partial charge is 0.283 e. The van der Waals surface area contributed by atoms with Gasteiger partial charge < -0.3 is 0 Å². The molecule has 0 aliphatic carbocycles. The minimum Gasteiger partial charge on any atom is -0.283 e. The van der Waals surface area contributed by atoms with Crippen LogP contribution in [0.5, 0.6) is 0 Å².